The maximum absolute atomic E-state index is 8.86. The second kappa shape index (κ2) is 6.09. The van der Waals surface area contributed by atoms with E-state index in [1.54, 1.807) is 6.20 Å². The Morgan fingerprint density at radius 1 is 1.04 bits per heavy atom. The first-order valence-electron chi connectivity index (χ1n) is 8.84. The molecular weight excluding hydrogens is 388 g/mol. The fourth-order valence-electron chi connectivity index (χ4n) is 4.07. The van der Waals surface area contributed by atoms with Crippen molar-refractivity contribution in [1.29, 1.82) is 5.26 Å². The van der Waals surface area contributed by atoms with E-state index in [-0.39, 0.29) is 22.9 Å². The average molecular weight is 413 g/mol. The fraction of sp³-hybridized carbons (Fsp3) is 0.455. The smallest absolute Gasteiger partial charge is 0.174 e. The Hall–Kier alpha value is -1.86. The molecule has 3 nitrogen and oxygen atoms in total. The molecule has 2 aromatic rings. The number of rotatable bonds is 3. The lowest BCUT2D eigenvalue weighted by molar-refractivity contribution is 0.125. The highest BCUT2D eigenvalue weighted by molar-refractivity contribution is 9.10. The summed E-state index contributed by atoms with van der Waals surface area (Å²) < 4.78 is 6.45. The van der Waals surface area contributed by atoms with Crippen molar-refractivity contribution < 1.29 is 4.74 Å². The van der Waals surface area contributed by atoms with Crippen LogP contribution in [0.1, 0.15) is 52.7 Å². The molecule has 1 aliphatic rings. The van der Waals surface area contributed by atoms with Crippen LogP contribution in [0.4, 0.5) is 0 Å². The highest BCUT2D eigenvalue weighted by Crippen LogP contribution is 2.61. The Bertz CT molecular complexity index is 907. The molecule has 0 radical (unpaired) electrons. The minimum Gasteiger partial charge on any atom is -0.476 e. The molecular formula is C22H25BrN2O. The third kappa shape index (κ3) is 2.56. The zero-order valence-electron chi connectivity index (χ0n) is 16.3. The monoisotopic (exact) mass is 412 g/mol. The number of ether oxygens (including phenoxy) is 1. The number of hydrogen-bond donors (Lipinski definition) is 0. The highest BCUT2D eigenvalue weighted by atomic mass is 79.9. The molecule has 3 rings (SSSR count). The van der Waals surface area contributed by atoms with Gasteiger partial charge in [-0.05, 0) is 55.4 Å². The van der Waals surface area contributed by atoms with E-state index >= 15 is 0 Å². The van der Waals surface area contributed by atoms with Crippen LogP contribution in [0.5, 0.6) is 5.75 Å². The van der Waals surface area contributed by atoms with Gasteiger partial charge in [0, 0.05) is 16.2 Å². The number of aromatic nitrogens is 1. The quantitative estimate of drug-likeness (QED) is 0.619. The topological polar surface area (TPSA) is 45.9 Å². The molecule has 1 heterocycles. The Balaban J connectivity index is 2.17. The summed E-state index contributed by atoms with van der Waals surface area (Å²) in [4.78, 5) is 4.57. The fourth-order valence-corrected chi connectivity index (χ4v) is 4.38. The molecule has 1 aromatic heterocycles. The molecule has 0 saturated carbocycles. The molecule has 0 fully saturated rings. The number of nitrogens with zero attached hydrogens (tertiary/aromatic N) is 2. The van der Waals surface area contributed by atoms with Crippen molar-refractivity contribution in [3.05, 3.63) is 46.1 Å². The van der Waals surface area contributed by atoms with Crippen LogP contribution in [0.15, 0.2) is 34.9 Å². The number of benzene rings is 1. The minimum absolute atomic E-state index is 0.00162. The number of halogens is 1. The second-order valence-electron chi connectivity index (χ2n) is 8.58. The van der Waals surface area contributed by atoms with Crippen molar-refractivity contribution in [2.75, 3.05) is 6.61 Å². The standard InChI is InChI=1S/C22H25BrN2O/c1-20(2)16-8-7-14(11-17(16)21(3,4)22(20,5)6)19-18(26-10-9-24)12-15(23)13-25-19/h7-8,11-13H,10H2,1-6H3. The van der Waals surface area contributed by atoms with Gasteiger partial charge in [-0.1, -0.05) is 53.7 Å². The Kier molecular flexibility index (Phi) is 4.43. The zero-order chi connectivity index (χ0) is 19.3. The predicted octanol–water partition coefficient (Wildman–Crippen LogP) is 6.01. The number of hydrogen-bond acceptors (Lipinski definition) is 3. The van der Waals surface area contributed by atoms with Crippen LogP contribution in [-0.2, 0) is 10.8 Å². The lowest BCUT2D eigenvalue weighted by atomic mass is 9.59. The Morgan fingerprint density at radius 3 is 2.35 bits per heavy atom. The second-order valence-corrected chi connectivity index (χ2v) is 9.50. The van der Waals surface area contributed by atoms with Gasteiger partial charge in [-0.3, -0.25) is 4.98 Å². The lowest BCUT2D eigenvalue weighted by Gasteiger charge is -2.44. The van der Waals surface area contributed by atoms with Gasteiger partial charge in [0.1, 0.15) is 17.5 Å². The summed E-state index contributed by atoms with van der Waals surface area (Å²) in [5.74, 6) is 0.621. The van der Waals surface area contributed by atoms with Crippen LogP contribution in [-0.4, -0.2) is 11.6 Å². The van der Waals surface area contributed by atoms with E-state index in [1.165, 1.54) is 11.1 Å². The molecule has 0 spiro atoms. The Labute approximate surface area is 164 Å². The van der Waals surface area contributed by atoms with Crippen molar-refractivity contribution in [3.63, 3.8) is 0 Å². The third-order valence-electron chi connectivity index (χ3n) is 6.88. The number of fused-ring (bicyclic) bond motifs is 1. The van der Waals surface area contributed by atoms with Crippen molar-refractivity contribution >= 4 is 15.9 Å². The summed E-state index contributed by atoms with van der Waals surface area (Å²) in [6.45, 7) is 14.0. The van der Waals surface area contributed by atoms with Gasteiger partial charge in [0.15, 0.2) is 6.61 Å². The molecule has 0 amide bonds. The molecule has 4 heteroatoms. The first-order chi connectivity index (χ1) is 12.0. The van der Waals surface area contributed by atoms with Gasteiger partial charge in [-0.2, -0.15) is 5.26 Å². The van der Waals surface area contributed by atoms with Gasteiger partial charge in [0.2, 0.25) is 0 Å². The summed E-state index contributed by atoms with van der Waals surface area (Å²) in [7, 11) is 0. The van der Waals surface area contributed by atoms with Crippen LogP contribution >= 0.6 is 15.9 Å². The summed E-state index contributed by atoms with van der Waals surface area (Å²) in [5.41, 5.74) is 4.78. The molecule has 0 atom stereocenters. The molecule has 0 bridgehead atoms. The number of nitriles is 1. The summed E-state index contributed by atoms with van der Waals surface area (Å²) in [6, 6.07) is 10.5. The molecule has 0 saturated heterocycles. The van der Waals surface area contributed by atoms with E-state index in [0.717, 1.165) is 15.7 Å². The molecule has 26 heavy (non-hydrogen) atoms. The van der Waals surface area contributed by atoms with E-state index in [1.807, 2.05) is 12.1 Å². The van der Waals surface area contributed by atoms with Crippen molar-refractivity contribution in [2.45, 2.75) is 52.4 Å². The largest absolute Gasteiger partial charge is 0.476 e. The summed E-state index contributed by atoms with van der Waals surface area (Å²) in [6.07, 6.45) is 1.76. The molecule has 1 aliphatic carbocycles. The molecule has 0 unspecified atom stereocenters. The first kappa shape index (κ1) is 18.9. The summed E-state index contributed by atoms with van der Waals surface area (Å²) in [5, 5.41) is 8.86. The SMILES string of the molecule is CC1(C)c2ccc(-c3ncc(Br)cc3OCC#N)cc2C(C)(C)C1(C)C. The van der Waals surface area contributed by atoms with E-state index in [2.05, 4.69) is 80.7 Å². The highest BCUT2D eigenvalue weighted by Gasteiger charge is 2.56. The number of pyridine rings is 1. The summed E-state index contributed by atoms with van der Waals surface area (Å²) >= 11 is 3.43. The van der Waals surface area contributed by atoms with E-state index in [4.69, 9.17) is 10.00 Å². The van der Waals surface area contributed by atoms with Crippen LogP contribution in [0.2, 0.25) is 0 Å². The van der Waals surface area contributed by atoms with Gasteiger partial charge >= 0.3 is 0 Å². The maximum Gasteiger partial charge on any atom is 0.174 e. The molecule has 0 aliphatic heterocycles. The van der Waals surface area contributed by atoms with Crippen LogP contribution < -0.4 is 4.74 Å². The van der Waals surface area contributed by atoms with E-state index in [0.29, 0.717) is 5.75 Å². The van der Waals surface area contributed by atoms with Gasteiger partial charge in [0.05, 0.1) is 0 Å². The van der Waals surface area contributed by atoms with Gasteiger partial charge < -0.3 is 4.74 Å². The van der Waals surface area contributed by atoms with Crippen LogP contribution in [0.25, 0.3) is 11.3 Å². The minimum atomic E-state index is 0.00162. The molecule has 1 aromatic carbocycles. The third-order valence-corrected chi connectivity index (χ3v) is 7.31. The predicted molar refractivity (Wildman–Crippen MR) is 108 cm³/mol. The zero-order valence-corrected chi connectivity index (χ0v) is 17.9. The van der Waals surface area contributed by atoms with Crippen molar-refractivity contribution in [2.24, 2.45) is 5.41 Å². The van der Waals surface area contributed by atoms with Crippen LogP contribution in [0.3, 0.4) is 0 Å². The Morgan fingerprint density at radius 2 is 1.69 bits per heavy atom. The lowest BCUT2D eigenvalue weighted by Crippen LogP contribution is -2.42. The van der Waals surface area contributed by atoms with Gasteiger partial charge in [-0.15, -0.1) is 0 Å². The maximum atomic E-state index is 8.86. The molecule has 136 valence electrons. The van der Waals surface area contributed by atoms with Crippen molar-refractivity contribution in [3.8, 4) is 23.1 Å². The van der Waals surface area contributed by atoms with E-state index in [9.17, 15) is 0 Å². The van der Waals surface area contributed by atoms with Crippen LogP contribution in [0, 0.1) is 16.7 Å². The normalized spacial score (nSPS) is 18.8. The van der Waals surface area contributed by atoms with E-state index < -0.39 is 0 Å². The van der Waals surface area contributed by atoms with Crippen molar-refractivity contribution in [1.82, 2.24) is 4.98 Å². The van der Waals surface area contributed by atoms with Gasteiger partial charge in [-0.25, -0.2) is 0 Å². The molecule has 0 N–H and O–H groups in total. The average Bonchev–Trinajstić information content (AvgIpc) is 2.68. The first-order valence-corrected chi connectivity index (χ1v) is 9.64. The van der Waals surface area contributed by atoms with Gasteiger partial charge in [0.25, 0.3) is 0 Å².